The first-order valence-corrected chi connectivity index (χ1v) is 13.9. The standard InChI is InChI=1S/C26H30N2O4S2/c1-19-5-7-21(8-6-19)17-28(34(4,30)31)23-11-13-24(14-12-23)32-18-26(29)27-20(2)22-9-15-25(33-3)16-10-22/h5-16,20H,17-18H2,1-4H3,(H,27,29)/t20-/m1/s1. The van der Waals surface area contributed by atoms with Crippen molar-refractivity contribution >= 4 is 33.4 Å². The van der Waals surface area contributed by atoms with Gasteiger partial charge in [0, 0.05) is 4.90 Å². The zero-order valence-corrected chi connectivity index (χ0v) is 21.4. The third-order valence-electron chi connectivity index (χ3n) is 5.34. The normalized spacial score (nSPS) is 12.1. The SMILES string of the molecule is CSc1ccc([C@@H](C)NC(=O)COc2ccc(N(Cc3ccc(C)cc3)S(C)(=O)=O)cc2)cc1. The molecule has 6 nitrogen and oxygen atoms in total. The number of thioether (sulfide) groups is 1. The lowest BCUT2D eigenvalue weighted by atomic mass is 10.1. The molecular formula is C26H30N2O4S2. The minimum absolute atomic E-state index is 0.133. The molecule has 8 heteroatoms. The predicted molar refractivity (Wildman–Crippen MR) is 139 cm³/mol. The van der Waals surface area contributed by atoms with E-state index in [1.165, 1.54) is 15.5 Å². The summed E-state index contributed by atoms with van der Waals surface area (Å²) in [5, 5.41) is 2.93. The van der Waals surface area contributed by atoms with E-state index in [1.54, 1.807) is 36.0 Å². The average Bonchev–Trinajstić information content (AvgIpc) is 2.82. The Hall–Kier alpha value is -2.97. The van der Waals surface area contributed by atoms with Gasteiger partial charge in [-0.1, -0.05) is 42.0 Å². The first kappa shape index (κ1) is 25.6. The Morgan fingerprint density at radius 3 is 2.18 bits per heavy atom. The molecular weight excluding hydrogens is 468 g/mol. The number of rotatable bonds is 10. The van der Waals surface area contributed by atoms with E-state index < -0.39 is 10.0 Å². The fourth-order valence-electron chi connectivity index (χ4n) is 3.38. The van der Waals surface area contributed by atoms with Crippen LogP contribution < -0.4 is 14.4 Å². The summed E-state index contributed by atoms with van der Waals surface area (Å²) in [4.78, 5) is 13.5. The van der Waals surface area contributed by atoms with E-state index in [-0.39, 0.29) is 25.1 Å². The van der Waals surface area contributed by atoms with Crippen molar-refractivity contribution in [1.29, 1.82) is 0 Å². The van der Waals surface area contributed by atoms with Crippen LogP contribution in [-0.4, -0.2) is 33.4 Å². The van der Waals surface area contributed by atoms with Crippen LogP contribution >= 0.6 is 11.8 Å². The van der Waals surface area contributed by atoms with Gasteiger partial charge in [-0.3, -0.25) is 9.10 Å². The summed E-state index contributed by atoms with van der Waals surface area (Å²) in [6.45, 7) is 4.01. The van der Waals surface area contributed by atoms with E-state index in [9.17, 15) is 13.2 Å². The van der Waals surface area contributed by atoms with Crippen molar-refractivity contribution in [1.82, 2.24) is 5.32 Å². The molecule has 0 radical (unpaired) electrons. The molecule has 0 spiro atoms. The molecule has 0 saturated heterocycles. The van der Waals surface area contributed by atoms with E-state index >= 15 is 0 Å². The van der Waals surface area contributed by atoms with Crippen molar-refractivity contribution in [2.75, 3.05) is 23.4 Å². The number of hydrogen-bond acceptors (Lipinski definition) is 5. The number of hydrogen-bond donors (Lipinski definition) is 1. The van der Waals surface area contributed by atoms with Crippen molar-refractivity contribution in [2.24, 2.45) is 0 Å². The average molecular weight is 499 g/mol. The Bertz CT molecular complexity index is 1190. The topological polar surface area (TPSA) is 75.7 Å². The van der Waals surface area contributed by atoms with Gasteiger partial charge in [0.05, 0.1) is 24.5 Å². The van der Waals surface area contributed by atoms with E-state index in [0.717, 1.165) is 16.7 Å². The quantitative estimate of drug-likeness (QED) is 0.401. The summed E-state index contributed by atoms with van der Waals surface area (Å²) >= 11 is 1.67. The lowest BCUT2D eigenvalue weighted by molar-refractivity contribution is -0.123. The monoisotopic (exact) mass is 498 g/mol. The molecule has 0 aliphatic rings. The number of ether oxygens (including phenoxy) is 1. The molecule has 0 aliphatic heterocycles. The molecule has 34 heavy (non-hydrogen) atoms. The molecule has 0 fully saturated rings. The summed E-state index contributed by atoms with van der Waals surface area (Å²) < 4.78 is 31.8. The van der Waals surface area contributed by atoms with Gasteiger partial charge in [0.2, 0.25) is 10.0 Å². The lowest BCUT2D eigenvalue weighted by Gasteiger charge is -2.23. The maximum absolute atomic E-state index is 12.4. The van der Waals surface area contributed by atoms with Gasteiger partial charge in [0.1, 0.15) is 5.75 Å². The van der Waals surface area contributed by atoms with Crippen LogP contribution in [0.4, 0.5) is 5.69 Å². The molecule has 0 aliphatic carbocycles. The van der Waals surface area contributed by atoms with Crippen LogP contribution in [0.25, 0.3) is 0 Å². The molecule has 3 aromatic rings. The number of aryl methyl sites for hydroxylation is 1. The number of anilines is 1. The van der Waals surface area contributed by atoms with Gasteiger partial charge in [-0.2, -0.15) is 0 Å². The second-order valence-electron chi connectivity index (χ2n) is 8.10. The summed E-state index contributed by atoms with van der Waals surface area (Å²) in [7, 11) is -3.48. The Balaban J connectivity index is 1.59. The largest absolute Gasteiger partial charge is 0.484 e. The Kier molecular flexibility index (Phi) is 8.63. The van der Waals surface area contributed by atoms with Crippen molar-refractivity contribution in [3.63, 3.8) is 0 Å². The predicted octanol–water partition coefficient (Wildman–Crippen LogP) is 4.94. The van der Waals surface area contributed by atoms with E-state index in [1.807, 2.05) is 68.6 Å². The molecule has 180 valence electrons. The van der Waals surface area contributed by atoms with Gasteiger partial charge >= 0.3 is 0 Å². The highest BCUT2D eigenvalue weighted by atomic mass is 32.2. The molecule has 1 N–H and O–H groups in total. The number of benzene rings is 3. The van der Waals surface area contributed by atoms with Gasteiger partial charge in [-0.25, -0.2) is 8.42 Å². The third kappa shape index (κ3) is 7.27. The fourth-order valence-corrected chi connectivity index (χ4v) is 4.67. The van der Waals surface area contributed by atoms with Gasteiger partial charge in [-0.15, -0.1) is 11.8 Å². The van der Waals surface area contributed by atoms with Crippen LogP contribution in [0, 0.1) is 6.92 Å². The number of sulfonamides is 1. The Morgan fingerprint density at radius 1 is 1.00 bits per heavy atom. The van der Waals surface area contributed by atoms with Crippen molar-refractivity contribution < 1.29 is 17.9 Å². The summed E-state index contributed by atoms with van der Waals surface area (Å²) in [5.41, 5.74) is 3.56. The summed E-state index contributed by atoms with van der Waals surface area (Å²) in [5.74, 6) is 0.252. The minimum Gasteiger partial charge on any atom is -0.484 e. The first-order valence-electron chi connectivity index (χ1n) is 10.8. The second kappa shape index (κ2) is 11.4. The van der Waals surface area contributed by atoms with Crippen molar-refractivity contribution in [3.8, 4) is 5.75 Å². The van der Waals surface area contributed by atoms with Gasteiger partial charge in [0.25, 0.3) is 5.91 Å². The van der Waals surface area contributed by atoms with Crippen molar-refractivity contribution in [3.05, 3.63) is 89.5 Å². The highest BCUT2D eigenvalue weighted by Crippen LogP contribution is 2.24. The van der Waals surface area contributed by atoms with Crippen LogP contribution in [0.3, 0.4) is 0 Å². The number of amides is 1. The zero-order valence-electron chi connectivity index (χ0n) is 19.8. The van der Waals surface area contributed by atoms with Crippen LogP contribution in [0.1, 0.15) is 29.7 Å². The van der Waals surface area contributed by atoms with E-state index in [2.05, 4.69) is 5.32 Å². The van der Waals surface area contributed by atoms with Crippen LogP contribution in [0.15, 0.2) is 77.7 Å². The van der Waals surface area contributed by atoms with Crippen LogP contribution in [0.2, 0.25) is 0 Å². The molecule has 0 bridgehead atoms. The molecule has 0 aromatic heterocycles. The summed E-state index contributed by atoms with van der Waals surface area (Å²) in [6, 6.07) is 22.4. The lowest BCUT2D eigenvalue weighted by Crippen LogP contribution is -2.31. The Labute approximate surface area is 206 Å². The smallest absolute Gasteiger partial charge is 0.258 e. The summed E-state index contributed by atoms with van der Waals surface area (Å²) in [6.07, 6.45) is 3.21. The molecule has 3 aromatic carbocycles. The number of carbonyl (C=O) groups excluding carboxylic acids is 1. The third-order valence-corrected chi connectivity index (χ3v) is 7.22. The van der Waals surface area contributed by atoms with E-state index in [0.29, 0.717) is 11.4 Å². The Morgan fingerprint density at radius 2 is 1.62 bits per heavy atom. The van der Waals surface area contributed by atoms with Crippen LogP contribution in [-0.2, 0) is 21.4 Å². The molecule has 0 saturated carbocycles. The molecule has 1 amide bonds. The first-order chi connectivity index (χ1) is 16.2. The van der Waals surface area contributed by atoms with Gasteiger partial charge in [-0.05, 0) is 67.6 Å². The highest BCUT2D eigenvalue weighted by Gasteiger charge is 2.18. The molecule has 3 rings (SSSR count). The van der Waals surface area contributed by atoms with Crippen molar-refractivity contribution in [2.45, 2.75) is 31.3 Å². The number of nitrogens with zero attached hydrogens (tertiary/aromatic N) is 1. The van der Waals surface area contributed by atoms with Gasteiger partial charge in [0.15, 0.2) is 6.61 Å². The second-order valence-corrected chi connectivity index (χ2v) is 10.9. The maximum atomic E-state index is 12.4. The molecule has 0 heterocycles. The number of carbonyl (C=O) groups is 1. The fraction of sp³-hybridized carbons (Fsp3) is 0.269. The minimum atomic E-state index is -3.48. The molecule has 1 atom stereocenters. The maximum Gasteiger partial charge on any atom is 0.258 e. The van der Waals surface area contributed by atoms with E-state index in [4.69, 9.17) is 4.74 Å². The molecule has 0 unspecified atom stereocenters. The zero-order chi connectivity index (χ0) is 24.7. The van der Waals surface area contributed by atoms with Gasteiger partial charge < -0.3 is 10.1 Å². The van der Waals surface area contributed by atoms with Crippen LogP contribution in [0.5, 0.6) is 5.75 Å². The highest BCUT2D eigenvalue weighted by molar-refractivity contribution is 7.98. The number of nitrogens with one attached hydrogen (secondary N) is 1.